The highest BCUT2D eigenvalue weighted by atomic mass is 32.1. The van der Waals surface area contributed by atoms with Crippen LogP contribution >= 0.6 is 12.2 Å². The van der Waals surface area contributed by atoms with E-state index in [1.54, 1.807) is 0 Å². The summed E-state index contributed by atoms with van der Waals surface area (Å²) >= 11 is 5.08. The average Bonchev–Trinajstić information content (AvgIpc) is 2.59. The molecule has 0 spiro atoms. The summed E-state index contributed by atoms with van der Waals surface area (Å²) in [5.74, 6) is -0.141. The van der Waals surface area contributed by atoms with Crippen molar-refractivity contribution in [1.82, 2.24) is 4.90 Å². The molecular weight excluding hydrogens is 268 g/mol. The monoisotopic (exact) mass is 290 g/mol. The van der Waals surface area contributed by atoms with Gasteiger partial charge in [-0.25, -0.2) is 0 Å². The van der Waals surface area contributed by atoms with Crippen molar-refractivity contribution in [3.05, 3.63) is 35.4 Å². The number of aryl methyl sites for hydroxylation is 1. The molecule has 1 heterocycles. The Balaban J connectivity index is 2.21. The number of amides is 1. The first-order chi connectivity index (χ1) is 9.50. The molecule has 0 aliphatic carbocycles. The lowest BCUT2D eigenvalue weighted by Gasteiger charge is -2.28. The van der Waals surface area contributed by atoms with Gasteiger partial charge < -0.3 is 10.6 Å². The van der Waals surface area contributed by atoms with E-state index in [0.717, 1.165) is 19.4 Å². The number of hydrogen-bond acceptors (Lipinski definition) is 2. The van der Waals surface area contributed by atoms with E-state index in [2.05, 4.69) is 18.2 Å². The Labute approximate surface area is 126 Å². The molecule has 2 N–H and O–H groups in total. The quantitative estimate of drug-likeness (QED) is 0.870. The Morgan fingerprint density at radius 3 is 2.55 bits per heavy atom. The lowest BCUT2D eigenvalue weighted by Crippen LogP contribution is -2.43. The van der Waals surface area contributed by atoms with Gasteiger partial charge in [0, 0.05) is 13.1 Å². The van der Waals surface area contributed by atoms with Crippen LogP contribution in [-0.4, -0.2) is 22.3 Å². The minimum atomic E-state index is -0.352. The van der Waals surface area contributed by atoms with Crippen molar-refractivity contribution >= 4 is 23.1 Å². The number of nitrogens with two attached hydrogens (primary N) is 1. The molecule has 0 bridgehead atoms. The van der Waals surface area contributed by atoms with Gasteiger partial charge in [0.1, 0.15) is 0 Å². The Bertz CT molecular complexity index is 513. The maximum atomic E-state index is 12.7. The number of carbonyl (C=O) groups is 1. The van der Waals surface area contributed by atoms with E-state index in [9.17, 15) is 4.79 Å². The van der Waals surface area contributed by atoms with Gasteiger partial charge >= 0.3 is 0 Å². The number of nitrogens with zero attached hydrogens (tertiary/aromatic N) is 1. The van der Waals surface area contributed by atoms with E-state index in [-0.39, 0.29) is 17.7 Å². The molecule has 0 saturated carbocycles. The predicted molar refractivity (Wildman–Crippen MR) is 85.3 cm³/mol. The van der Waals surface area contributed by atoms with E-state index >= 15 is 0 Å². The van der Waals surface area contributed by atoms with Gasteiger partial charge in [0.2, 0.25) is 5.91 Å². The van der Waals surface area contributed by atoms with Crippen LogP contribution in [0, 0.1) is 11.8 Å². The molecule has 1 amide bonds. The molecule has 4 heteroatoms. The Hall–Kier alpha value is -1.42. The first-order valence-electron chi connectivity index (χ1n) is 7.15. The Kier molecular flexibility index (Phi) is 4.76. The van der Waals surface area contributed by atoms with Crippen LogP contribution in [0.2, 0.25) is 0 Å². The van der Waals surface area contributed by atoms with Crippen LogP contribution in [0.4, 0.5) is 0 Å². The van der Waals surface area contributed by atoms with Gasteiger partial charge in [-0.05, 0) is 29.9 Å². The highest BCUT2D eigenvalue weighted by Crippen LogP contribution is 2.22. The van der Waals surface area contributed by atoms with Gasteiger partial charge in [-0.3, -0.25) is 4.79 Å². The Morgan fingerprint density at radius 2 is 1.95 bits per heavy atom. The van der Waals surface area contributed by atoms with Crippen LogP contribution in [0.5, 0.6) is 0 Å². The fourth-order valence-corrected chi connectivity index (χ4v) is 3.19. The van der Waals surface area contributed by atoms with Crippen molar-refractivity contribution in [2.24, 2.45) is 17.6 Å². The number of hydrogen-bond donors (Lipinski definition) is 1. The zero-order valence-electron chi connectivity index (χ0n) is 12.1. The van der Waals surface area contributed by atoms with Crippen molar-refractivity contribution in [3.8, 4) is 0 Å². The van der Waals surface area contributed by atoms with E-state index in [1.807, 2.05) is 24.8 Å². The standard InChI is InChI=1S/C16H22N2OS/c1-11(2)14(15(17)20)16(19)18-9-5-8-12-6-3-4-7-13(12)10-18/h3-4,6-7,11,14H,5,8-10H2,1-2H3,(H2,17,20). The largest absolute Gasteiger partial charge is 0.393 e. The zero-order chi connectivity index (χ0) is 14.7. The molecule has 0 radical (unpaired) electrons. The summed E-state index contributed by atoms with van der Waals surface area (Å²) in [6, 6.07) is 8.34. The van der Waals surface area contributed by atoms with E-state index < -0.39 is 0 Å². The molecule has 1 aliphatic heterocycles. The molecule has 1 aromatic rings. The second-order valence-electron chi connectivity index (χ2n) is 5.76. The van der Waals surface area contributed by atoms with Gasteiger partial charge in [0.25, 0.3) is 0 Å². The van der Waals surface area contributed by atoms with Crippen LogP contribution in [-0.2, 0) is 17.8 Å². The topological polar surface area (TPSA) is 46.3 Å². The molecule has 0 fully saturated rings. The number of benzene rings is 1. The second kappa shape index (κ2) is 6.35. The molecular formula is C16H22N2OS. The summed E-state index contributed by atoms with van der Waals surface area (Å²) in [7, 11) is 0. The fourth-order valence-electron chi connectivity index (χ4n) is 2.82. The molecule has 3 nitrogen and oxygen atoms in total. The van der Waals surface area contributed by atoms with Crippen molar-refractivity contribution < 1.29 is 4.79 Å². The molecule has 1 aliphatic rings. The number of fused-ring (bicyclic) bond motifs is 1. The van der Waals surface area contributed by atoms with Crippen LogP contribution in [0.1, 0.15) is 31.4 Å². The maximum absolute atomic E-state index is 12.7. The third-order valence-electron chi connectivity index (χ3n) is 3.90. The van der Waals surface area contributed by atoms with Gasteiger partial charge in [0.05, 0.1) is 10.9 Å². The summed E-state index contributed by atoms with van der Waals surface area (Å²) in [4.78, 5) is 14.9. The van der Waals surface area contributed by atoms with Gasteiger partial charge in [-0.2, -0.15) is 0 Å². The summed E-state index contributed by atoms with van der Waals surface area (Å²) in [5, 5.41) is 0. The minimum Gasteiger partial charge on any atom is -0.393 e. The molecule has 0 aromatic heterocycles. The van der Waals surface area contributed by atoms with Gasteiger partial charge in [-0.1, -0.05) is 50.3 Å². The third-order valence-corrected chi connectivity index (χ3v) is 4.16. The second-order valence-corrected chi connectivity index (χ2v) is 6.23. The zero-order valence-corrected chi connectivity index (χ0v) is 13.0. The minimum absolute atomic E-state index is 0.0733. The maximum Gasteiger partial charge on any atom is 0.233 e. The molecule has 20 heavy (non-hydrogen) atoms. The summed E-state index contributed by atoms with van der Waals surface area (Å²) in [6.45, 7) is 5.43. The lowest BCUT2D eigenvalue weighted by molar-refractivity contribution is -0.135. The smallest absolute Gasteiger partial charge is 0.233 e. The first kappa shape index (κ1) is 15.0. The average molecular weight is 290 g/mol. The normalized spacial score (nSPS) is 16.4. The molecule has 108 valence electrons. The highest BCUT2D eigenvalue weighted by Gasteiger charge is 2.30. The molecule has 1 unspecified atom stereocenters. The first-order valence-corrected chi connectivity index (χ1v) is 7.56. The summed E-state index contributed by atoms with van der Waals surface area (Å²) < 4.78 is 0. The highest BCUT2D eigenvalue weighted by molar-refractivity contribution is 7.80. The molecule has 1 atom stereocenters. The Morgan fingerprint density at radius 1 is 1.30 bits per heavy atom. The number of carbonyl (C=O) groups excluding carboxylic acids is 1. The van der Waals surface area contributed by atoms with Crippen LogP contribution in [0.25, 0.3) is 0 Å². The third kappa shape index (κ3) is 3.18. The van der Waals surface area contributed by atoms with Crippen LogP contribution in [0.15, 0.2) is 24.3 Å². The van der Waals surface area contributed by atoms with Gasteiger partial charge in [0.15, 0.2) is 0 Å². The SMILES string of the molecule is CC(C)C(C(=O)N1CCCc2ccccc2C1)C(N)=S. The van der Waals surface area contributed by atoms with E-state index in [4.69, 9.17) is 18.0 Å². The molecule has 1 aromatic carbocycles. The lowest BCUT2D eigenvalue weighted by atomic mass is 9.94. The summed E-state index contributed by atoms with van der Waals surface area (Å²) in [6.07, 6.45) is 2.02. The van der Waals surface area contributed by atoms with Crippen molar-refractivity contribution in [2.75, 3.05) is 6.54 Å². The predicted octanol–water partition coefficient (Wildman–Crippen LogP) is 2.52. The van der Waals surface area contributed by atoms with Gasteiger partial charge in [-0.15, -0.1) is 0 Å². The fraction of sp³-hybridized carbons (Fsp3) is 0.500. The molecule has 0 saturated heterocycles. The molecule has 2 rings (SSSR count). The van der Waals surface area contributed by atoms with Crippen molar-refractivity contribution in [3.63, 3.8) is 0 Å². The number of thiocarbonyl (C=S) groups is 1. The summed E-state index contributed by atoms with van der Waals surface area (Å²) in [5.41, 5.74) is 8.35. The van der Waals surface area contributed by atoms with E-state index in [1.165, 1.54) is 11.1 Å². The van der Waals surface area contributed by atoms with Crippen LogP contribution in [0.3, 0.4) is 0 Å². The number of rotatable bonds is 3. The van der Waals surface area contributed by atoms with E-state index in [0.29, 0.717) is 11.5 Å². The van der Waals surface area contributed by atoms with Crippen LogP contribution < -0.4 is 5.73 Å². The van der Waals surface area contributed by atoms with Crippen molar-refractivity contribution in [2.45, 2.75) is 33.2 Å². The van der Waals surface area contributed by atoms with Crippen molar-refractivity contribution in [1.29, 1.82) is 0 Å².